The van der Waals surface area contributed by atoms with E-state index in [1.165, 1.54) is 56.9 Å². The summed E-state index contributed by atoms with van der Waals surface area (Å²) in [7, 11) is 0. The number of carbonyl (C=O) groups excluding carboxylic acids is 1. The van der Waals surface area contributed by atoms with Gasteiger partial charge in [0.2, 0.25) is 0 Å². The van der Waals surface area contributed by atoms with Crippen LogP contribution in [-0.2, 0) is 0 Å². The molecule has 0 atom stereocenters. The Bertz CT molecular complexity index is 451. The highest BCUT2D eigenvalue weighted by Crippen LogP contribution is 2.37. The van der Waals surface area contributed by atoms with Gasteiger partial charge < -0.3 is 0 Å². The van der Waals surface area contributed by atoms with E-state index in [-0.39, 0.29) is 5.92 Å². The SMILES string of the molecule is O=C(c1cccc(C2CCC2)c1)C1CCCCCCC1. The molecule has 0 amide bonds. The minimum absolute atomic E-state index is 0.284. The standard InChI is InChI=1S/C19H26O/c20-19(16-8-4-2-1-3-5-9-16)18-13-7-12-17(14-18)15-10-6-11-15/h7,12-16H,1-6,8-11H2. The summed E-state index contributed by atoms with van der Waals surface area (Å²) >= 11 is 0. The molecular weight excluding hydrogens is 244 g/mol. The van der Waals surface area contributed by atoms with Crippen molar-refractivity contribution in [3.8, 4) is 0 Å². The zero-order valence-electron chi connectivity index (χ0n) is 12.4. The number of ketones is 1. The van der Waals surface area contributed by atoms with Gasteiger partial charge in [-0.05, 0) is 43.2 Å². The number of Topliss-reactive ketones (excluding diaryl/α,β-unsaturated/α-hetero) is 1. The first-order valence-electron chi connectivity index (χ1n) is 8.49. The average molecular weight is 270 g/mol. The highest BCUT2D eigenvalue weighted by Gasteiger charge is 2.23. The van der Waals surface area contributed by atoms with Gasteiger partial charge in [-0.2, -0.15) is 0 Å². The van der Waals surface area contributed by atoms with Gasteiger partial charge >= 0.3 is 0 Å². The highest BCUT2D eigenvalue weighted by molar-refractivity contribution is 5.98. The van der Waals surface area contributed by atoms with E-state index in [0.29, 0.717) is 5.78 Å². The van der Waals surface area contributed by atoms with E-state index in [9.17, 15) is 4.79 Å². The third-order valence-electron chi connectivity index (χ3n) is 5.22. The molecule has 0 aromatic heterocycles. The van der Waals surface area contributed by atoms with Gasteiger partial charge in [0.25, 0.3) is 0 Å². The molecule has 108 valence electrons. The van der Waals surface area contributed by atoms with Crippen LogP contribution in [0.15, 0.2) is 24.3 Å². The van der Waals surface area contributed by atoms with Crippen LogP contribution < -0.4 is 0 Å². The van der Waals surface area contributed by atoms with Crippen molar-refractivity contribution < 1.29 is 4.79 Å². The molecule has 1 heteroatoms. The molecule has 2 aliphatic rings. The minimum atomic E-state index is 0.284. The Morgan fingerprint density at radius 1 is 0.850 bits per heavy atom. The van der Waals surface area contributed by atoms with E-state index in [1.54, 1.807) is 0 Å². The Hall–Kier alpha value is -1.11. The van der Waals surface area contributed by atoms with Crippen LogP contribution in [0.2, 0.25) is 0 Å². The van der Waals surface area contributed by atoms with Crippen LogP contribution in [0.5, 0.6) is 0 Å². The Balaban J connectivity index is 1.71. The van der Waals surface area contributed by atoms with Gasteiger partial charge in [0.1, 0.15) is 0 Å². The summed E-state index contributed by atoms with van der Waals surface area (Å²) in [5.41, 5.74) is 2.37. The predicted octanol–water partition coefficient (Wildman–Crippen LogP) is 5.50. The van der Waals surface area contributed by atoms with Gasteiger partial charge in [0, 0.05) is 11.5 Å². The van der Waals surface area contributed by atoms with E-state index in [0.717, 1.165) is 24.3 Å². The lowest BCUT2D eigenvalue weighted by Crippen LogP contribution is -2.17. The van der Waals surface area contributed by atoms with Gasteiger partial charge in [-0.1, -0.05) is 56.7 Å². The Morgan fingerprint density at radius 2 is 1.55 bits per heavy atom. The van der Waals surface area contributed by atoms with Gasteiger partial charge in [-0.25, -0.2) is 0 Å². The van der Waals surface area contributed by atoms with Crippen molar-refractivity contribution in [2.24, 2.45) is 5.92 Å². The van der Waals surface area contributed by atoms with E-state index in [1.807, 2.05) is 6.07 Å². The molecule has 2 fully saturated rings. The smallest absolute Gasteiger partial charge is 0.165 e. The zero-order valence-corrected chi connectivity index (χ0v) is 12.4. The Morgan fingerprint density at radius 3 is 2.20 bits per heavy atom. The molecule has 0 heterocycles. The molecule has 0 radical (unpaired) electrons. The van der Waals surface area contributed by atoms with Crippen LogP contribution in [0.25, 0.3) is 0 Å². The number of benzene rings is 1. The summed E-state index contributed by atoms with van der Waals surface area (Å²) in [4.78, 5) is 12.7. The molecule has 1 aromatic carbocycles. The third kappa shape index (κ3) is 3.13. The van der Waals surface area contributed by atoms with Crippen molar-refractivity contribution >= 4 is 5.78 Å². The predicted molar refractivity (Wildman–Crippen MR) is 83.2 cm³/mol. The van der Waals surface area contributed by atoms with Crippen LogP contribution in [-0.4, -0.2) is 5.78 Å². The second-order valence-corrected chi connectivity index (χ2v) is 6.66. The third-order valence-corrected chi connectivity index (χ3v) is 5.22. The fourth-order valence-electron chi connectivity index (χ4n) is 3.64. The van der Waals surface area contributed by atoms with Gasteiger partial charge in [0.05, 0.1) is 0 Å². The quantitative estimate of drug-likeness (QED) is 0.663. The summed E-state index contributed by atoms with van der Waals surface area (Å²) in [6, 6.07) is 8.51. The molecule has 0 saturated heterocycles. The second kappa shape index (κ2) is 6.56. The lowest BCUT2D eigenvalue weighted by atomic mass is 9.78. The first kappa shape index (κ1) is 13.9. The molecule has 3 rings (SSSR count). The second-order valence-electron chi connectivity index (χ2n) is 6.66. The molecule has 2 aliphatic carbocycles. The van der Waals surface area contributed by atoms with Crippen molar-refractivity contribution in [2.75, 3.05) is 0 Å². The van der Waals surface area contributed by atoms with Gasteiger partial charge in [0.15, 0.2) is 5.78 Å². The average Bonchev–Trinajstić information content (AvgIpc) is 2.36. The molecule has 20 heavy (non-hydrogen) atoms. The lowest BCUT2D eigenvalue weighted by Gasteiger charge is -2.26. The molecule has 0 spiro atoms. The first-order valence-corrected chi connectivity index (χ1v) is 8.49. The Labute approximate surface area is 122 Å². The molecule has 1 aromatic rings. The van der Waals surface area contributed by atoms with Crippen molar-refractivity contribution in [1.29, 1.82) is 0 Å². The van der Waals surface area contributed by atoms with Crippen molar-refractivity contribution in [3.63, 3.8) is 0 Å². The topological polar surface area (TPSA) is 17.1 Å². The molecule has 0 bridgehead atoms. The number of hydrogen-bond acceptors (Lipinski definition) is 1. The van der Waals surface area contributed by atoms with Crippen LogP contribution in [0, 0.1) is 5.92 Å². The van der Waals surface area contributed by atoms with Crippen molar-refractivity contribution in [1.82, 2.24) is 0 Å². The van der Waals surface area contributed by atoms with E-state index in [2.05, 4.69) is 18.2 Å². The number of hydrogen-bond donors (Lipinski definition) is 0. The number of rotatable bonds is 3. The first-order chi connectivity index (χ1) is 9.84. The van der Waals surface area contributed by atoms with Crippen LogP contribution in [0.4, 0.5) is 0 Å². The highest BCUT2D eigenvalue weighted by atomic mass is 16.1. The maximum Gasteiger partial charge on any atom is 0.165 e. The normalized spacial score (nSPS) is 21.8. The van der Waals surface area contributed by atoms with E-state index >= 15 is 0 Å². The molecule has 1 nitrogen and oxygen atoms in total. The van der Waals surface area contributed by atoms with E-state index < -0.39 is 0 Å². The molecule has 0 N–H and O–H groups in total. The number of carbonyl (C=O) groups is 1. The fourth-order valence-corrected chi connectivity index (χ4v) is 3.64. The zero-order chi connectivity index (χ0) is 13.8. The summed E-state index contributed by atoms with van der Waals surface area (Å²) < 4.78 is 0. The van der Waals surface area contributed by atoms with Crippen molar-refractivity contribution in [2.45, 2.75) is 70.1 Å². The maximum atomic E-state index is 12.7. The fraction of sp³-hybridized carbons (Fsp3) is 0.632. The molecule has 0 unspecified atom stereocenters. The summed E-state index contributed by atoms with van der Waals surface area (Å²) in [6.07, 6.45) is 12.6. The van der Waals surface area contributed by atoms with Crippen LogP contribution in [0.3, 0.4) is 0 Å². The largest absolute Gasteiger partial charge is 0.294 e. The molecule has 0 aliphatic heterocycles. The summed E-state index contributed by atoms with van der Waals surface area (Å²) in [6.45, 7) is 0. The minimum Gasteiger partial charge on any atom is -0.294 e. The lowest BCUT2D eigenvalue weighted by molar-refractivity contribution is 0.0898. The molecule has 2 saturated carbocycles. The summed E-state index contributed by atoms with van der Waals surface area (Å²) in [5.74, 6) is 1.42. The van der Waals surface area contributed by atoms with Crippen molar-refractivity contribution in [3.05, 3.63) is 35.4 Å². The molecular formula is C19H26O. The van der Waals surface area contributed by atoms with Crippen LogP contribution >= 0.6 is 0 Å². The monoisotopic (exact) mass is 270 g/mol. The summed E-state index contributed by atoms with van der Waals surface area (Å²) in [5, 5.41) is 0. The van der Waals surface area contributed by atoms with E-state index in [4.69, 9.17) is 0 Å². The maximum absolute atomic E-state index is 12.7. The van der Waals surface area contributed by atoms with Gasteiger partial charge in [-0.3, -0.25) is 4.79 Å². The Kier molecular flexibility index (Phi) is 4.54. The van der Waals surface area contributed by atoms with Crippen LogP contribution in [0.1, 0.15) is 86.0 Å². The van der Waals surface area contributed by atoms with Gasteiger partial charge in [-0.15, -0.1) is 0 Å².